The van der Waals surface area contributed by atoms with E-state index in [4.69, 9.17) is 14.7 Å². The largest absolute Gasteiger partial charge is 0.377 e. The maximum Gasteiger partial charge on any atom is 0.319 e. The molecule has 2 amide bonds. The average molecular weight is 536 g/mol. The molecule has 0 saturated carbocycles. The minimum Gasteiger partial charge on any atom is -0.377 e. The van der Waals surface area contributed by atoms with Crippen LogP contribution >= 0.6 is 22.6 Å². The van der Waals surface area contributed by atoms with Crippen molar-refractivity contribution in [3.63, 3.8) is 0 Å². The molecule has 31 heavy (non-hydrogen) atoms. The molecule has 0 radical (unpaired) electrons. The molecule has 2 aliphatic rings. The normalized spacial score (nSPS) is 19.1. The van der Waals surface area contributed by atoms with Crippen LogP contribution in [0.3, 0.4) is 0 Å². The quantitative estimate of drug-likeness (QED) is 0.347. The Balaban J connectivity index is 1.67. The third kappa shape index (κ3) is 5.09. The van der Waals surface area contributed by atoms with Crippen molar-refractivity contribution in [3.05, 3.63) is 35.5 Å². The molecule has 166 valence electrons. The zero-order chi connectivity index (χ0) is 21.8. The summed E-state index contributed by atoms with van der Waals surface area (Å²) in [6, 6.07) is 7.51. The van der Waals surface area contributed by atoms with Crippen molar-refractivity contribution in [3.8, 4) is 11.4 Å². The number of rotatable bonds is 5. The maximum absolute atomic E-state index is 11.8. The van der Waals surface area contributed by atoms with Crippen molar-refractivity contribution >= 4 is 40.1 Å². The van der Waals surface area contributed by atoms with Gasteiger partial charge in [-0.15, -0.1) is 0 Å². The van der Waals surface area contributed by atoms with Gasteiger partial charge in [-0.05, 0) is 44.2 Å². The summed E-state index contributed by atoms with van der Waals surface area (Å²) < 4.78 is 5.90. The highest BCUT2D eigenvalue weighted by Crippen LogP contribution is 2.32. The van der Waals surface area contributed by atoms with Gasteiger partial charge in [-0.25, -0.2) is 14.8 Å². The summed E-state index contributed by atoms with van der Waals surface area (Å²) in [7, 11) is 0. The molecule has 1 saturated heterocycles. The molecule has 0 unspecified atom stereocenters. The summed E-state index contributed by atoms with van der Waals surface area (Å²) in [5, 5.41) is 5.57. The Morgan fingerprint density at radius 3 is 2.74 bits per heavy atom. The third-order valence-electron chi connectivity index (χ3n) is 5.65. The number of urea groups is 1. The fourth-order valence-electron chi connectivity index (χ4n) is 3.95. The van der Waals surface area contributed by atoms with Crippen LogP contribution in [0.1, 0.15) is 25.1 Å². The zero-order valence-electron chi connectivity index (χ0n) is 18.0. The molecule has 2 N–H and O–H groups in total. The Morgan fingerprint density at radius 2 is 2.03 bits per heavy atom. The number of morpholine rings is 1. The lowest BCUT2D eigenvalue weighted by Crippen LogP contribution is -2.44. The molecule has 1 atom stereocenters. The number of halogens is 1. The van der Waals surface area contributed by atoms with Gasteiger partial charge in [0.25, 0.3) is 0 Å². The number of hydrogen-bond acceptors (Lipinski definition) is 6. The van der Waals surface area contributed by atoms with E-state index in [1.165, 1.54) is 5.56 Å². The van der Waals surface area contributed by atoms with Crippen LogP contribution in [0.4, 0.5) is 16.3 Å². The predicted octanol–water partition coefficient (Wildman–Crippen LogP) is 3.26. The Morgan fingerprint density at radius 1 is 1.23 bits per heavy atom. The van der Waals surface area contributed by atoms with Gasteiger partial charge >= 0.3 is 6.03 Å². The standard InChI is InChI=1S/C22H29IN6O2/c1-3-24-22(30)25-16-7-5-15(6-8-16)20-26-18-13-28(4-2)10-9-17(18)21(27-20)29-11-12-31-14-19(29)23/h5-8,19H,3-4,9-14H2,1-2H3,(H2,24,25,30)/t19-/m1/s1. The lowest BCUT2D eigenvalue weighted by molar-refractivity contribution is 0.118. The molecule has 1 aromatic carbocycles. The van der Waals surface area contributed by atoms with E-state index in [-0.39, 0.29) is 10.1 Å². The Kier molecular flexibility index (Phi) is 7.24. The summed E-state index contributed by atoms with van der Waals surface area (Å²) in [5.41, 5.74) is 4.07. The molecule has 3 heterocycles. The zero-order valence-corrected chi connectivity index (χ0v) is 20.2. The van der Waals surface area contributed by atoms with Crippen LogP contribution in [0.15, 0.2) is 24.3 Å². The third-order valence-corrected chi connectivity index (χ3v) is 6.68. The smallest absolute Gasteiger partial charge is 0.319 e. The number of carbonyl (C=O) groups is 1. The van der Waals surface area contributed by atoms with Crippen LogP contribution in [-0.2, 0) is 17.7 Å². The summed E-state index contributed by atoms with van der Waals surface area (Å²) in [4.78, 5) is 26.6. The van der Waals surface area contributed by atoms with Crippen LogP contribution < -0.4 is 15.5 Å². The molecule has 8 nitrogen and oxygen atoms in total. The minimum atomic E-state index is -0.206. The molecule has 1 aromatic heterocycles. The topological polar surface area (TPSA) is 82.6 Å². The maximum atomic E-state index is 11.8. The van der Waals surface area contributed by atoms with Gasteiger partial charge < -0.3 is 20.3 Å². The number of hydrogen-bond donors (Lipinski definition) is 2. The van der Waals surface area contributed by atoms with Crippen molar-refractivity contribution in [2.75, 3.05) is 49.6 Å². The molecule has 0 spiro atoms. The molecule has 2 aliphatic heterocycles. The number of anilines is 2. The van der Waals surface area contributed by atoms with Crippen molar-refractivity contribution < 1.29 is 9.53 Å². The van der Waals surface area contributed by atoms with Gasteiger partial charge in [0.05, 0.1) is 18.9 Å². The van der Waals surface area contributed by atoms with E-state index < -0.39 is 0 Å². The van der Waals surface area contributed by atoms with Crippen molar-refractivity contribution in [1.82, 2.24) is 20.2 Å². The Bertz CT molecular complexity index is 923. The fraction of sp³-hybridized carbons (Fsp3) is 0.500. The second-order valence-corrected chi connectivity index (χ2v) is 9.12. The number of nitrogens with one attached hydrogen (secondary N) is 2. The summed E-state index contributed by atoms with van der Waals surface area (Å²) in [6.45, 7) is 9.83. The monoisotopic (exact) mass is 536 g/mol. The molecular formula is C22H29IN6O2. The number of ether oxygens (including phenoxy) is 1. The first kappa shape index (κ1) is 22.2. The van der Waals surface area contributed by atoms with Crippen LogP contribution in [0.2, 0.25) is 0 Å². The van der Waals surface area contributed by atoms with Crippen molar-refractivity contribution in [2.24, 2.45) is 0 Å². The average Bonchev–Trinajstić information content (AvgIpc) is 2.79. The van der Waals surface area contributed by atoms with E-state index >= 15 is 0 Å². The van der Waals surface area contributed by atoms with E-state index in [9.17, 15) is 4.79 Å². The first-order valence-electron chi connectivity index (χ1n) is 10.8. The highest BCUT2D eigenvalue weighted by atomic mass is 127. The van der Waals surface area contributed by atoms with Crippen LogP contribution in [-0.4, -0.2) is 64.3 Å². The molecule has 9 heteroatoms. The first-order chi connectivity index (χ1) is 15.1. The molecule has 4 rings (SSSR count). The highest BCUT2D eigenvalue weighted by molar-refractivity contribution is 14.1. The van der Waals surface area contributed by atoms with E-state index in [1.807, 2.05) is 31.2 Å². The van der Waals surface area contributed by atoms with Gasteiger partial charge in [-0.1, -0.05) is 29.5 Å². The number of alkyl halides is 1. The first-order valence-corrected chi connectivity index (χ1v) is 12.1. The second kappa shape index (κ2) is 10.1. The van der Waals surface area contributed by atoms with Crippen molar-refractivity contribution in [1.29, 1.82) is 0 Å². The number of benzene rings is 1. The molecule has 2 aromatic rings. The number of carbonyl (C=O) groups excluding carboxylic acids is 1. The predicted molar refractivity (Wildman–Crippen MR) is 131 cm³/mol. The van der Waals surface area contributed by atoms with Crippen LogP contribution in [0.5, 0.6) is 0 Å². The molecule has 1 fully saturated rings. The summed E-state index contributed by atoms with van der Waals surface area (Å²) in [6.07, 6.45) is 0.967. The van der Waals surface area contributed by atoms with Crippen LogP contribution in [0, 0.1) is 0 Å². The van der Waals surface area contributed by atoms with Gasteiger partial charge in [0.2, 0.25) is 0 Å². The number of nitrogens with zero attached hydrogens (tertiary/aromatic N) is 4. The summed E-state index contributed by atoms with van der Waals surface area (Å²) >= 11 is 2.44. The van der Waals surface area contributed by atoms with E-state index in [0.29, 0.717) is 13.2 Å². The lowest BCUT2D eigenvalue weighted by atomic mass is 10.0. The molecule has 0 bridgehead atoms. The number of likely N-dealkylation sites (N-methyl/N-ethyl adjacent to an activating group) is 1. The van der Waals surface area contributed by atoms with E-state index in [0.717, 1.165) is 67.8 Å². The lowest BCUT2D eigenvalue weighted by Gasteiger charge is -2.36. The Labute approximate surface area is 196 Å². The summed E-state index contributed by atoms with van der Waals surface area (Å²) in [5.74, 6) is 1.77. The van der Waals surface area contributed by atoms with Gasteiger partial charge in [-0.2, -0.15) is 0 Å². The second-order valence-electron chi connectivity index (χ2n) is 7.68. The number of fused-ring (bicyclic) bond motifs is 1. The van der Waals surface area contributed by atoms with Crippen molar-refractivity contribution in [2.45, 2.75) is 30.9 Å². The van der Waals surface area contributed by atoms with E-state index in [1.54, 1.807) is 0 Å². The Hall–Kier alpha value is -1.98. The van der Waals surface area contributed by atoms with Gasteiger partial charge in [0, 0.05) is 43.0 Å². The molecule has 0 aliphatic carbocycles. The SMILES string of the molecule is CCNC(=O)Nc1ccc(-c2nc3c(c(N4CCOC[C@@H]4I)n2)CCN(CC)C3)cc1. The molecular weight excluding hydrogens is 507 g/mol. The number of amides is 2. The van der Waals surface area contributed by atoms with Gasteiger partial charge in [0.15, 0.2) is 5.82 Å². The fourth-order valence-corrected chi connectivity index (χ4v) is 4.75. The van der Waals surface area contributed by atoms with Crippen LogP contribution in [0.25, 0.3) is 11.4 Å². The van der Waals surface area contributed by atoms with Gasteiger partial charge in [-0.3, -0.25) is 4.90 Å². The number of aromatic nitrogens is 2. The highest BCUT2D eigenvalue weighted by Gasteiger charge is 2.29. The minimum absolute atomic E-state index is 0.206. The van der Waals surface area contributed by atoms with E-state index in [2.05, 4.69) is 49.9 Å². The van der Waals surface area contributed by atoms with Gasteiger partial charge in [0.1, 0.15) is 9.87 Å².